The van der Waals surface area contributed by atoms with Gasteiger partial charge in [0.25, 0.3) is 0 Å². The zero-order valence-electron chi connectivity index (χ0n) is 16.7. The van der Waals surface area contributed by atoms with Crippen LogP contribution in [0.1, 0.15) is 45.2 Å². The van der Waals surface area contributed by atoms with E-state index in [1.54, 1.807) is 11.3 Å². The lowest BCUT2D eigenvalue weighted by Crippen LogP contribution is -2.43. The van der Waals surface area contributed by atoms with Gasteiger partial charge in [0.1, 0.15) is 6.54 Å². The van der Waals surface area contributed by atoms with Crippen LogP contribution in [0.4, 0.5) is 0 Å². The maximum Gasteiger partial charge on any atom is 0.244 e. The first-order valence-corrected chi connectivity index (χ1v) is 10.7. The number of amides is 1. The standard InChI is InChI=1S/C19H33N5OS.HI/c1-4-20-19(22-14-18(25)24-10-7-8-11-24)21-13-17(23(5-2)6-3)16-9-12-26-15-16;/h9,12,15,17H,4-8,10-11,13-14H2,1-3H3,(H2,20,21,22);1H. The lowest BCUT2D eigenvalue weighted by molar-refractivity contribution is -0.128. The van der Waals surface area contributed by atoms with Crippen molar-refractivity contribution in [2.24, 2.45) is 4.99 Å². The number of likely N-dealkylation sites (tertiary alicyclic amines) is 1. The summed E-state index contributed by atoms with van der Waals surface area (Å²) in [5, 5.41) is 11.0. The molecule has 2 rings (SSSR count). The summed E-state index contributed by atoms with van der Waals surface area (Å²) in [5.74, 6) is 0.838. The zero-order valence-corrected chi connectivity index (χ0v) is 19.9. The number of nitrogens with one attached hydrogen (secondary N) is 2. The summed E-state index contributed by atoms with van der Waals surface area (Å²) in [6, 6.07) is 2.49. The summed E-state index contributed by atoms with van der Waals surface area (Å²) in [4.78, 5) is 21.1. The first kappa shape index (κ1) is 24.2. The van der Waals surface area contributed by atoms with Crippen molar-refractivity contribution < 1.29 is 4.79 Å². The second-order valence-electron chi connectivity index (χ2n) is 6.46. The Kier molecular flexibility index (Phi) is 11.9. The molecule has 1 unspecified atom stereocenters. The average molecular weight is 507 g/mol. The van der Waals surface area contributed by atoms with Crippen LogP contribution in [-0.2, 0) is 4.79 Å². The highest BCUT2D eigenvalue weighted by Crippen LogP contribution is 2.22. The number of thiophene rings is 1. The highest BCUT2D eigenvalue weighted by molar-refractivity contribution is 14.0. The molecular weight excluding hydrogens is 473 g/mol. The molecule has 1 aromatic rings. The minimum Gasteiger partial charge on any atom is -0.357 e. The van der Waals surface area contributed by atoms with E-state index in [-0.39, 0.29) is 36.4 Å². The van der Waals surface area contributed by atoms with E-state index in [0.717, 1.165) is 52.1 Å². The van der Waals surface area contributed by atoms with Gasteiger partial charge in [-0.1, -0.05) is 13.8 Å². The Bertz CT molecular complexity index is 556. The van der Waals surface area contributed by atoms with Crippen LogP contribution in [0.15, 0.2) is 21.8 Å². The number of hydrogen-bond donors (Lipinski definition) is 2. The average Bonchev–Trinajstić information content (AvgIpc) is 3.36. The van der Waals surface area contributed by atoms with Crippen LogP contribution < -0.4 is 10.6 Å². The quantitative estimate of drug-likeness (QED) is 0.307. The molecule has 1 amide bonds. The van der Waals surface area contributed by atoms with Gasteiger partial charge in [-0.25, -0.2) is 4.99 Å². The fraction of sp³-hybridized carbons (Fsp3) is 0.684. The maximum absolute atomic E-state index is 12.2. The third kappa shape index (κ3) is 7.57. The van der Waals surface area contributed by atoms with E-state index in [0.29, 0.717) is 12.0 Å². The number of nitrogens with zero attached hydrogens (tertiary/aromatic N) is 3. The number of rotatable bonds is 9. The number of aliphatic imine (C=N–C) groups is 1. The number of halogens is 1. The fourth-order valence-electron chi connectivity index (χ4n) is 3.34. The Hall–Kier alpha value is -0.870. The molecule has 1 aromatic heterocycles. The van der Waals surface area contributed by atoms with Gasteiger partial charge >= 0.3 is 0 Å². The second kappa shape index (κ2) is 13.3. The van der Waals surface area contributed by atoms with Crippen molar-refractivity contribution >= 4 is 47.2 Å². The summed E-state index contributed by atoms with van der Waals surface area (Å²) in [5.41, 5.74) is 1.33. The topological polar surface area (TPSA) is 60.0 Å². The maximum atomic E-state index is 12.2. The van der Waals surface area contributed by atoms with E-state index in [9.17, 15) is 4.79 Å². The second-order valence-corrected chi connectivity index (χ2v) is 7.24. The zero-order chi connectivity index (χ0) is 18.8. The van der Waals surface area contributed by atoms with Crippen LogP contribution in [0.2, 0.25) is 0 Å². The molecule has 0 saturated carbocycles. The molecule has 8 heteroatoms. The Labute approximate surface area is 184 Å². The number of carbonyl (C=O) groups is 1. The molecule has 2 N–H and O–H groups in total. The molecule has 0 aromatic carbocycles. The minimum absolute atomic E-state index is 0. The minimum atomic E-state index is 0. The van der Waals surface area contributed by atoms with Crippen molar-refractivity contribution in [2.45, 2.75) is 39.7 Å². The van der Waals surface area contributed by atoms with Crippen LogP contribution in [-0.4, -0.2) is 67.5 Å². The monoisotopic (exact) mass is 507 g/mol. The summed E-state index contributed by atoms with van der Waals surface area (Å²) in [6.07, 6.45) is 2.22. The summed E-state index contributed by atoms with van der Waals surface area (Å²) < 4.78 is 0. The molecule has 0 radical (unpaired) electrons. The predicted octanol–water partition coefficient (Wildman–Crippen LogP) is 2.93. The van der Waals surface area contributed by atoms with E-state index < -0.39 is 0 Å². The third-order valence-corrected chi connectivity index (χ3v) is 5.52. The van der Waals surface area contributed by atoms with E-state index in [4.69, 9.17) is 0 Å². The molecule has 0 spiro atoms. The van der Waals surface area contributed by atoms with Gasteiger partial charge < -0.3 is 15.5 Å². The van der Waals surface area contributed by atoms with Crippen LogP contribution >= 0.6 is 35.3 Å². The highest BCUT2D eigenvalue weighted by atomic mass is 127. The van der Waals surface area contributed by atoms with E-state index in [2.05, 4.69) is 51.2 Å². The van der Waals surface area contributed by atoms with Crippen molar-refractivity contribution in [1.29, 1.82) is 0 Å². The molecule has 27 heavy (non-hydrogen) atoms. The van der Waals surface area contributed by atoms with Crippen LogP contribution in [0.3, 0.4) is 0 Å². The van der Waals surface area contributed by atoms with Gasteiger partial charge in [-0.2, -0.15) is 11.3 Å². The smallest absolute Gasteiger partial charge is 0.244 e. The van der Waals surface area contributed by atoms with Crippen LogP contribution in [0, 0.1) is 0 Å². The normalized spacial score (nSPS) is 15.6. The SMILES string of the molecule is CCNC(=NCC(=O)N1CCCC1)NCC(c1ccsc1)N(CC)CC.I. The van der Waals surface area contributed by atoms with Crippen molar-refractivity contribution in [3.05, 3.63) is 22.4 Å². The molecule has 0 aliphatic carbocycles. The van der Waals surface area contributed by atoms with E-state index in [1.807, 2.05) is 11.8 Å². The molecule has 0 bridgehead atoms. The van der Waals surface area contributed by atoms with Gasteiger partial charge in [0.2, 0.25) is 5.91 Å². The van der Waals surface area contributed by atoms with Gasteiger partial charge in [-0.3, -0.25) is 9.69 Å². The lowest BCUT2D eigenvalue weighted by Gasteiger charge is -2.30. The number of likely N-dealkylation sites (N-methyl/N-ethyl adjacent to an activating group) is 1. The van der Waals surface area contributed by atoms with Crippen molar-refractivity contribution in [3.8, 4) is 0 Å². The van der Waals surface area contributed by atoms with Gasteiger partial charge in [0, 0.05) is 26.2 Å². The summed E-state index contributed by atoms with van der Waals surface area (Å²) >= 11 is 1.73. The van der Waals surface area contributed by atoms with Crippen LogP contribution in [0.25, 0.3) is 0 Å². The largest absolute Gasteiger partial charge is 0.357 e. The summed E-state index contributed by atoms with van der Waals surface area (Å²) in [7, 11) is 0. The van der Waals surface area contributed by atoms with Gasteiger partial charge in [0.05, 0.1) is 6.04 Å². The Morgan fingerprint density at radius 2 is 1.96 bits per heavy atom. The van der Waals surface area contributed by atoms with E-state index >= 15 is 0 Å². The van der Waals surface area contributed by atoms with Gasteiger partial charge in [0.15, 0.2) is 5.96 Å². The molecule has 1 fully saturated rings. The predicted molar refractivity (Wildman–Crippen MR) is 125 cm³/mol. The third-order valence-electron chi connectivity index (χ3n) is 4.82. The Balaban J connectivity index is 0.00000364. The Morgan fingerprint density at radius 3 is 2.52 bits per heavy atom. The van der Waals surface area contributed by atoms with Crippen molar-refractivity contribution in [2.75, 3.05) is 45.8 Å². The van der Waals surface area contributed by atoms with Gasteiger partial charge in [-0.05, 0) is 55.2 Å². The van der Waals surface area contributed by atoms with Crippen molar-refractivity contribution in [3.63, 3.8) is 0 Å². The first-order chi connectivity index (χ1) is 12.7. The molecular formula is C19H34IN5OS. The van der Waals surface area contributed by atoms with Gasteiger partial charge in [-0.15, -0.1) is 24.0 Å². The molecule has 6 nitrogen and oxygen atoms in total. The number of carbonyl (C=O) groups excluding carboxylic acids is 1. The number of hydrogen-bond acceptors (Lipinski definition) is 4. The fourth-order valence-corrected chi connectivity index (χ4v) is 4.04. The molecule has 1 saturated heterocycles. The molecule has 2 heterocycles. The van der Waals surface area contributed by atoms with Crippen molar-refractivity contribution in [1.82, 2.24) is 20.4 Å². The van der Waals surface area contributed by atoms with E-state index in [1.165, 1.54) is 5.56 Å². The molecule has 1 atom stereocenters. The molecule has 154 valence electrons. The highest BCUT2D eigenvalue weighted by Gasteiger charge is 2.20. The molecule has 1 aliphatic heterocycles. The lowest BCUT2D eigenvalue weighted by atomic mass is 10.1. The Morgan fingerprint density at radius 1 is 1.26 bits per heavy atom. The van der Waals surface area contributed by atoms with Crippen LogP contribution in [0.5, 0.6) is 0 Å². The molecule has 1 aliphatic rings. The first-order valence-electron chi connectivity index (χ1n) is 9.75. The number of guanidine groups is 1. The summed E-state index contributed by atoms with van der Waals surface area (Å²) in [6.45, 7) is 11.9.